The number of nitrogens with zero attached hydrogens (tertiary/aromatic N) is 1. The molecule has 6 nitrogen and oxygen atoms in total. The summed E-state index contributed by atoms with van der Waals surface area (Å²) < 4.78 is 0. The molecule has 4 rings (SSSR count). The SMILES string of the molecule is Cc1ccccc1N1C(=O)C(Cl)=C(Nc2cccc(C(=O)Nc3cccc(Cl)c3Cl)c2)C1=O. The van der Waals surface area contributed by atoms with Crippen LogP contribution in [0.5, 0.6) is 0 Å². The fourth-order valence-corrected chi connectivity index (χ4v) is 3.88. The van der Waals surface area contributed by atoms with Crippen molar-refractivity contribution in [2.45, 2.75) is 6.92 Å². The van der Waals surface area contributed by atoms with E-state index in [4.69, 9.17) is 34.8 Å². The number of hydrogen-bond acceptors (Lipinski definition) is 4. The summed E-state index contributed by atoms with van der Waals surface area (Å²) in [6.45, 7) is 1.80. The predicted octanol–water partition coefficient (Wildman–Crippen LogP) is 5.99. The van der Waals surface area contributed by atoms with Gasteiger partial charge in [0, 0.05) is 11.3 Å². The van der Waals surface area contributed by atoms with Crippen LogP contribution in [0.1, 0.15) is 15.9 Å². The van der Waals surface area contributed by atoms with Gasteiger partial charge in [-0.1, -0.05) is 65.1 Å². The molecule has 3 aromatic rings. The second-order valence-corrected chi connectivity index (χ2v) is 8.35. The summed E-state index contributed by atoms with van der Waals surface area (Å²) in [6, 6.07) is 18.3. The molecule has 1 aliphatic heterocycles. The van der Waals surface area contributed by atoms with Gasteiger partial charge < -0.3 is 10.6 Å². The van der Waals surface area contributed by atoms with Crippen LogP contribution in [0.2, 0.25) is 10.0 Å². The minimum Gasteiger partial charge on any atom is -0.350 e. The molecule has 3 aromatic carbocycles. The van der Waals surface area contributed by atoms with Crippen molar-refractivity contribution < 1.29 is 14.4 Å². The van der Waals surface area contributed by atoms with E-state index >= 15 is 0 Å². The summed E-state index contributed by atoms with van der Waals surface area (Å²) >= 11 is 18.3. The Hall–Kier alpha value is -3.32. The number of nitrogens with one attached hydrogen (secondary N) is 2. The average Bonchev–Trinajstić information content (AvgIpc) is 3.00. The van der Waals surface area contributed by atoms with E-state index in [-0.39, 0.29) is 15.8 Å². The average molecular weight is 501 g/mol. The fourth-order valence-electron chi connectivity index (χ4n) is 3.32. The zero-order valence-electron chi connectivity index (χ0n) is 17.2. The van der Waals surface area contributed by atoms with Gasteiger partial charge in [-0.3, -0.25) is 14.4 Å². The highest BCUT2D eigenvalue weighted by Gasteiger charge is 2.39. The largest absolute Gasteiger partial charge is 0.350 e. The van der Waals surface area contributed by atoms with Gasteiger partial charge in [-0.25, -0.2) is 4.90 Å². The fraction of sp³-hybridized carbons (Fsp3) is 0.0417. The first kappa shape index (κ1) is 22.9. The highest BCUT2D eigenvalue weighted by Crippen LogP contribution is 2.32. The number of benzene rings is 3. The predicted molar refractivity (Wildman–Crippen MR) is 131 cm³/mol. The Morgan fingerprint density at radius 3 is 2.36 bits per heavy atom. The first-order chi connectivity index (χ1) is 15.8. The van der Waals surface area contributed by atoms with Crippen LogP contribution < -0.4 is 15.5 Å². The van der Waals surface area contributed by atoms with Crippen LogP contribution in [-0.2, 0) is 9.59 Å². The molecule has 0 bridgehead atoms. The van der Waals surface area contributed by atoms with Gasteiger partial charge in [0.2, 0.25) is 0 Å². The zero-order chi connectivity index (χ0) is 23.7. The standard InChI is InChI=1S/C24H16Cl3N3O3/c1-13-6-2-3-11-18(13)30-23(32)20(27)21(24(30)33)28-15-8-4-7-14(12-15)22(31)29-17-10-5-9-16(25)19(17)26/h2-12,28H,1H3,(H,29,31). The number of carbonyl (C=O) groups is 3. The van der Waals surface area contributed by atoms with Crippen molar-refractivity contribution in [1.29, 1.82) is 0 Å². The Morgan fingerprint density at radius 2 is 1.61 bits per heavy atom. The second-order valence-electron chi connectivity index (χ2n) is 7.18. The van der Waals surface area contributed by atoms with Gasteiger partial charge in [0.05, 0.1) is 21.4 Å². The Morgan fingerprint density at radius 1 is 0.879 bits per heavy atom. The summed E-state index contributed by atoms with van der Waals surface area (Å²) in [5.41, 5.74) is 2.20. The van der Waals surface area contributed by atoms with Gasteiger partial charge >= 0.3 is 0 Å². The Balaban J connectivity index is 1.56. The molecule has 33 heavy (non-hydrogen) atoms. The minimum absolute atomic E-state index is 0.0691. The van der Waals surface area contributed by atoms with Crippen LogP contribution in [0.4, 0.5) is 17.1 Å². The third kappa shape index (κ3) is 4.46. The van der Waals surface area contributed by atoms with Crippen molar-refractivity contribution >= 4 is 69.6 Å². The van der Waals surface area contributed by atoms with E-state index in [1.165, 1.54) is 6.07 Å². The zero-order valence-corrected chi connectivity index (χ0v) is 19.4. The maximum absolute atomic E-state index is 13.0. The van der Waals surface area contributed by atoms with Crippen LogP contribution in [0.25, 0.3) is 0 Å². The summed E-state index contributed by atoms with van der Waals surface area (Å²) in [4.78, 5) is 39.4. The lowest BCUT2D eigenvalue weighted by Crippen LogP contribution is -2.32. The molecule has 9 heteroatoms. The molecule has 0 unspecified atom stereocenters. The summed E-state index contributed by atoms with van der Waals surface area (Å²) in [5.74, 6) is -1.64. The Bertz CT molecular complexity index is 1340. The molecule has 0 aliphatic carbocycles. The van der Waals surface area contributed by atoms with Gasteiger partial charge in [-0.05, 0) is 48.9 Å². The molecule has 0 aromatic heterocycles. The first-order valence-corrected chi connectivity index (χ1v) is 10.9. The molecule has 166 valence electrons. The summed E-state index contributed by atoms with van der Waals surface area (Å²) in [6.07, 6.45) is 0. The summed E-state index contributed by atoms with van der Waals surface area (Å²) in [7, 11) is 0. The molecular weight excluding hydrogens is 485 g/mol. The van der Waals surface area contributed by atoms with Crippen molar-refractivity contribution in [2.24, 2.45) is 0 Å². The van der Waals surface area contributed by atoms with Crippen LogP contribution in [-0.4, -0.2) is 17.7 Å². The minimum atomic E-state index is -0.622. The quantitative estimate of drug-likeness (QED) is 0.422. The van der Waals surface area contributed by atoms with E-state index in [9.17, 15) is 14.4 Å². The van der Waals surface area contributed by atoms with Crippen LogP contribution in [0.15, 0.2) is 77.5 Å². The van der Waals surface area contributed by atoms with Gasteiger partial charge in [-0.2, -0.15) is 0 Å². The number of anilines is 3. The molecule has 0 radical (unpaired) electrons. The number of imide groups is 1. The number of para-hydroxylation sites is 1. The van der Waals surface area contributed by atoms with Crippen molar-refractivity contribution in [3.63, 3.8) is 0 Å². The molecule has 2 N–H and O–H groups in total. The van der Waals surface area contributed by atoms with Gasteiger partial charge in [0.25, 0.3) is 17.7 Å². The van der Waals surface area contributed by atoms with Crippen molar-refractivity contribution in [2.75, 3.05) is 15.5 Å². The lowest BCUT2D eigenvalue weighted by molar-refractivity contribution is -0.120. The molecule has 0 spiro atoms. The van der Waals surface area contributed by atoms with E-state index in [1.54, 1.807) is 61.5 Å². The molecule has 1 heterocycles. The van der Waals surface area contributed by atoms with E-state index in [1.807, 2.05) is 6.07 Å². The summed E-state index contributed by atoms with van der Waals surface area (Å²) in [5, 5.41) is 5.88. The topological polar surface area (TPSA) is 78.5 Å². The van der Waals surface area contributed by atoms with Crippen LogP contribution >= 0.6 is 34.8 Å². The number of hydrogen-bond donors (Lipinski definition) is 2. The van der Waals surface area contributed by atoms with E-state index < -0.39 is 17.7 Å². The maximum Gasteiger partial charge on any atom is 0.283 e. The Labute approximate surface area is 204 Å². The molecule has 1 aliphatic rings. The van der Waals surface area contributed by atoms with E-state index in [0.717, 1.165) is 10.5 Å². The highest BCUT2D eigenvalue weighted by atomic mass is 35.5. The van der Waals surface area contributed by atoms with Crippen LogP contribution in [0, 0.1) is 6.92 Å². The molecule has 0 saturated carbocycles. The van der Waals surface area contributed by atoms with Gasteiger partial charge in [0.15, 0.2) is 0 Å². The molecular formula is C24H16Cl3N3O3. The van der Waals surface area contributed by atoms with Crippen molar-refractivity contribution in [3.8, 4) is 0 Å². The van der Waals surface area contributed by atoms with Gasteiger partial charge in [-0.15, -0.1) is 0 Å². The van der Waals surface area contributed by atoms with Gasteiger partial charge in [0.1, 0.15) is 10.7 Å². The smallest absolute Gasteiger partial charge is 0.283 e. The molecule has 0 saturated heterocycles. The maximum atomic E-state index is 13.0. The van der Waals surface area contributed by atoms with E-state index in [2.05, 4.69) is 10.6 Å². The number of rotatable bonds is 5. The third-order valence-corrected chi connectivity index (χ3v) is 6.15. The number of amides is 3. The lowest BCUT2D eigenvalue weighted by atomic mass is 10.1. The normalized spacial score (nSPS) is 13.5. The second kappa shape index (κ2) is 9.27. The molecule has 3 amide bonds. The number of aryl methyl sites for hydroxylation is 1. The monoisotopic (exact) mass is 499 g/mol. The Kier molecular flexibility index (Phi) is 6.42. The molecule has 0 fully saturated rings. The number of carbonyl (C=O) groups excluding carboxylic acids is 3. The van der Waals surface area contributed by atoms with Crippen LogP contribution in [0.3, 0.4) is 0 Å². The third-order valence-electron chi connectivity index (χ3n) is 4.98. The molecule has 0 atom stereocenters. The number of halogens is 3. The lowest BCUT2D eigenvalue weighted by Gasteiger charge is -2.17. The highest BCUT2D eigenvalue weighted by molar-refractivity contribution is 6.53. The van der Waals surface area contributed by atoms with E-state index in [0.29, 0.717) is 27.6 Å². The first-order valence-electron chi connectivity index (χ1n) is 9.74. The van der Waals surface area contributed by atoms with Crippen molar-refractivity contribution in [3.05, 3.63) is 98.6 Å². The van der Waals surface area contributed by atoms with Crippen molar-refractivity contribution in [1.82, 2.24) is 0 Å².